The van der Waals surface area contributed by atoms with E-state index in [1.165, 1.54) is 24.0 Å². The van der Waals surface area contributed by atoms with Crippen LogP contribution in [0, 0.1) is 12.7 Å². The number of aldehydes is 1. The minimum Gasteiger partial charge on any atom is -0.304 e. The molecular formula is C19H24FNO3. The van der Waals surface area contributed by atoms with E-state index in [-0.39, 0.29) is 5.56 Å². The molecule has 0 heterocycles. The zero-order valence-corrected chi connectivity index (χ0v) is 14.3. The van der Waals surface area contributed by atoms with Crippen LogP contribution in [0.4, 0.5) is 4.39 Å². The average Bonchev–Trinajstić information content (AvgIpc) is 2.58. The lowest BCUT2D eigenvalue weighted by Crippen LogP contribution is -2.18. The highest BCUT2D eigenvalue weighted by molar-refractivity contribution is 5.93. The van der Waals surface area contributed by atoms with Crippen LogP contribution in [0.2, 0.25) is 0 Å². The van der Waals surface area contributed by atoms with Crippen molar-refractivity contribution >= 4 is 12.2 Å². The second kappa shape index (κ2) is 13.0. The van der Waals surface area contributed by atoms with E-state index in [1.807, 2.05) is 25.1 Å². The summed E-state index contributed by atoms with van der Waals surface area (Å²) >= 11 is 0. The molecule has 0 fully saturated rings. The van der Waals surface area contributed by atoms with Crippen LogP contribution in [0.1, 0.15) is 41.8 Å². The van der Waals surface area contributed by atoms with Gasteiger partial charge in [0.05, 0.1) is 0 Å². The lowest BCUT2D eigenvalue weighted by Gasteiger charge is -2.03. The fourth-order valence-corrected chi connectivity index (χ4v) is 1.76. The molecule has 0 saturated heterocycles. The van der Waals surface area contributed by atoms with Gasteiger partial charge in [0, 0.05) is 5.56 Å². The number of benzene rings is 2. The van der Waals surface area contributed by atoms with Crippen LogP contribution < -0.4 is 5.48 Å². The number of carbonyl (C=O) groups excluding carboxylic acids is 2. The Morgan fingerprint density at radius 3 is 2.17 bits per heavy atom. The Morgan fingerprint density at radius 2 is 1.79 bits per heavy atom. The molecule has 0 aromatic heterocycles. The third-order valence-electron chi connectivity index (χ3n) is 2.88. The summed E-state index contributed by atoms with van der Waals surface area (Å²) in [6.07, 6.45) is 2.25. The van der Waals surface area contributed by atoms with Crippen LogP contribution >= 0.6 is 0 Å². The number of hydrogen-bond donors (Lipinski definition) is 2. The standard InChI is InChI=1S/C10H12FNO2.C7H8.C2H4O/c1-2-3-7-4-5-8(6-9(7)11)10(13)12-14;1-7-5-3-2-4-6-7;1-2-3/h4-6,14H,2-3H2,1H3,(H,12,13);2-6H,1H3;2H,1H3. The van der Waals surface area contributed by atoms with Crippen molar-refractivity contribution in [1.29, 1.82) is 0 Å². The molecule has 24 heavy (non-hydrogen) atoms. The van der Waals surface area contributed by atoms with Gasteiger partial charge in [0.2, 0.25) is 0 Å². The predicted octanol–water partition coefficient (Wildman–Crippen LogP) is 4.10. The first-order valence-electron chi connectivity index (χ1n) is 7.64. The Labute approximate surface area is 142 Å². The summed E-state index contributed by atoms with van der Waals surface area (Å²) in [6, 6.07) is 14.4. The molecule has 0 radical (unpaired) electrons. The highest BCUT2D eigenvalue weighted by Crippen LogP contribution is 2.12. The molecule has 130 valence electrons. The van der Waals surface area contributed by atoms with Gasteiger partial charge in [-0.25, -0.2) is 9.87 Å². The molecule has 0 atom stereocenters. The smallest absolute Gasteiger partial charge is 0.274 e. The highest BCUT2D eigenvalue weighted by atomic mass is 19.1. The SMILES string of the molecule is CC=O.CCCc1ccc(C(=O)NO)cc1F.Cc1ccccc1. The predicted molar refractivity (Wildman–Crippen MR) is 92.6 cm³/mol. The lowest BCUT2D eigenvalue weighted by atomic mass is 10.1. The van der Waals surface area contributed by atoms with Crippen molar-refractivity contribution in [3.8, 4) is 0 Å². The molecule has 1 amide bonds. The second-order valence-corrected chi connectivity index (χ2v) is 4.89. The van der Waals surface area contributed by atoms with Gasteiger partial charge in [0.25, 0.3) is 5.91 Å². The lowest BCUT2D eigenvalue weighted by molar-refractivity contribution is -0.106. The van der Waals surface area contributed by atoms with Gasteiger partial charge in [-0.2, -0.15) is 0 Å². The molecule has 2 rings (SSSR count). The maximum Gasteiger partial charge on any atom is 0.274 e. The number of hydrogen-bond acceptors (Lipinski definition) is 3. The van der Waals surface area contributed by atoms with Crippen LogP contribution in [0.15, 0.2) is 48.5 Å². The molecule has 0 spiro atoms. The number of carbonyl (C=O) groups is 2. The van der Waals surface area contributed by atoms with E-state index in [9.17, 15) is 9.18 Å². The van der Waals surface area contributed by atoms with Gasteiger partial charge in [0.15, 0.2) is 0 Å². The minimum absolute atomic E-state index is 0.116. The normalized spacial score (nSPS) is 8.88. The van der Waals surface area contributed by atoms with E-state index >= 15 is 0 Å². The van der Waals surface area contributed by atoms with Crippen LogP contribution in [0.5, 0.6) is 0 Å². The Bertz CT molecular complexity index is 615. The first-order chi connectivity index (χ1) is 11.5. The Kier molecular flexibility index (Phi) is 11.6. The zero-order valence-electron chi connectivity index (χ0n) is 14.3. The number of rotatable bonds is 3. The third-order valence-corrected chi connectivity index (χ3v) is 2.88. The van der Waals surface area contributed by atoms with Crippen molar-refractivity contribution in [2.75, 3.05) is 0 Å². The van der Waals surface area contributed by atoms with Crippen LogP contribution in [-0.4, -0.2) is 17.4 Å². The van der Waals surface area contributed by atoms with E-state index in [1.54, 1.807) is 6.07 Å². The Morgan fingerprint density at radius 1 is 1.21 bits per heavy atom. The van der Waals surface area contributed by atoms with Crippen molar-refractivity contribution < 1.29 is 19.2 Å². The van der Waals surface area contributed by atoms with Gasteiger partial charge in [-0.1, -0.05) is 55.3 Å². The molecule has 0 bridgehead atoms. The summed E-state index contributed by atoms with van der Waals surface area (Å²) in [4.78, 5) is 19.7. The summed E-state index contributed by atoms with van der Waals surface area (Å²) in [5.74, 6) is -1.11. The van der Waals surface area contributed by atoms with Crippen LogP contribution in [-0.2, 0) is 11.2 Å². The number of amides is 1. The monoisotopic (exact) mass is 333 g/mol. The molecule has 5 heteroatoms. The summed E-state index contributed by atoms with van der Waals surface area (Å²) in [6.45, 7) is 5.48. The van der Waals surface area contributed by atoms with Crippen molar-refractivity contribution in [2.24, 2.45) is 0 Å². The fourth-order valence-electron chi connectivity index (χ4n) is 1.76. The van der Waals surface area contributed by atoms with E-state index in [4.69, 9.17) is 10.0 Å². The van der Waals surface area contributed by atoms with Crippen molar-refractivity contribution in [3.05, 3.63) is 71.0 Å². The highest BCUT2D eigenvalue weighted by Gasteiger charge is 2.07. The molecule has 2 aromatic carbocycles. The van der Waals surface area contributed by atoms with Crippen molar-refractivity contribution in [2.45, 2.75) is 33.6 Å². The number of halogens is 1. The van der Waals surface area contributed by atoms with E-state index < -0.39 is 11.7 Å². The summed E-state index contributed by atoms with van der Waals surface area (Å²) < 4.78 is 13.3. The van der Waals surface area contributed by atoms with E-state index in [2.05, 4.69) is 19.1 Å². The first kappa shape index (κ1) is 21.5. The molecular weight excluding hydrogens is 309 g/mol. The van der Waals surface area contributed by atoms with E-state index in [0.717, 1.165) is 18.8 Å². The quantitative estimate of drug-likeness (QED) is 0.505. The molecule has 2 aromatic rings. The molecule has 4 nitrogen and oxygen atoms in total. The van der Waals surface area contributed by atoms with Gasteiger partial charge in [0.1, 0.15) is 12.1 Å². The summed E-state index contributed by atoms with van der Waals surface area (Å²) in [7, 11) is 0. The van der Waals surface area contributed by atoms with Gasteiger partial charge in [-0.3, -0.25) is 10.0 Å². The summed E-state index contributed by atoms with van der Waals surface area (Å²) in [5.41, 5.74) is 3.48. The number of hydroxylamine groups is 1. The molecule has 0 aliphatic carbocycles. The fraction of sp³-hybridized carbons (Fsp3) is 0.263. The van der Waals surface area contributed by atoms with E-state index in [0.29, 0.717) is 12.0 Å². The maximum atomic E-state index is 13.3. The minimum atomic E-state index is -0.702. The van der Waals surface area contributed by atoms with Crippen LogP contribution in [0.3, 0.4) is 0 Å². The number of aryl methyl sites for hydroxylation is 2. The zero-order chi connectivity index (χ0) is 18.4. The second-order valence-electron chi connectivity index (χ2n) is 4.89. The molecule has 0 aliphatic rings. The number of nitrogens with one attached hydrogen (secondary N) is 1. The first-order valence-corrected chi connectivity index (χ1v) is 7.64. The van der Waals surface area contributed by atoms with Gasteiger partial charge in [-0.15, -0.1) is 0 Å². The average molecular weight is 333 g/mol. The maximum absolute atomic E-state index is 13.3. The molecule has 2 N–H and O–H groups in total. The third kappa shape index (κ3) is 8.80. The van der Waals surface area contributed by atoms with Crippen molar-refractivity contribution in [3.63, 3.8) is 0 Å². The topological polar surface area (TPSA) is 66.4 Å². The summed E-state index contributed by atoms with van der Waals surface area (Å²) in [5, 5.41) is 8.33. The van der Waals surface area contributed by atoms with Gasteiger partial charge in [-0.05, 0) is 38.0 Å². The molecule has 0 unspecified atom stereocenters. The van der Waals surface area contributed by atoms with Crippen molar-refractivity contribution in [1.82, 2.24) is 5.48 Å². The largest absolute Gasteiger partial charge is 0.304 e. The Balaban J connectivity index is 0.000000439. The van der Waals surface area contributed by atoms with Gasteiger partial charge >= 0.3 is 0 Å². The molecule has 0 saturated carbocycles. The van der Waals surface area contributed by atoms with Crippen LogP contribution in [0.25, 0.3) is 0 Å². The Hall–Kier alpha value is -2.53. The van der Waals surface area contributed by atoms with Gasteiger partial charge < -0.3 is 4.79 Å². The molecule has 0 aliphatic heterocycles.